The molecule has 5 nitrogen and oxygen atoms in total. The third-order valence-electron chi connectivity index (χ3n) is 2.55. The van der Waals surface area contributed by atoms with Gasteiger partial charge in [0.25, 0.3) is 10.0 Å². The fourth-order valence-electron chi connectivity index (χ4n) is 1.62. The smallest absolute Gasteiger partial charge is 0.335 e. The maximum atomic E-state index is 12.3. The molecule has 0 spiro atoms. The summed E-state index contributed by atoms with van der Waals surface area (Å²) in [6.07, 6.45) is 0. The molecule has 2 N–H and O–H groups in total. The molecular weight excluding hydrogens is 426 g/mol. The summed E-state index contributed by atoms with van der Waals surface area (Å²) in [5.74, 6) is -1.12. The van der Waals surface area contributed by atoms with Gasteiger partial charge in [-0.2, -0.15) is 0 Å². The summed E-state index contributed by atoms with van der Waals surface area (Å²) >= 11 is 6.44. The number of sulfonamides is 1. The number of rotatable bonds is 4. The molecule has 0 aliphatic rings. The van der Waals surface area contributed by atoms with E-state index in [1.54, 1.807) is 12.1 Å². The van der Waals surface area contributed by atoms with Crippen molar-refractivity contribution < 1.29 is 18.3 Å². The number of hydrogen-bond donors (Lipinski definition) is 2. The first-order valence-corrected chi connectivity index (χ1v) is 8.68. The normalized spacial score (nSPS) is 11.1. The highest BCUT2D eigenvalue weighted by molar-refractivity contribution is 9.11. The Kier molecular flexibility index (Phi) is 4.70. The van der Waals surface area contributed by atoms with E-state index in [0.29, 0.717) is 4.47 Å². The minimum absolute atomic E-state index is 0.00470. The molecular formula is C13H9Br2NO4S. The van der Waals surface area contributed by atoms with Crippen molar-refractivity contribution in [2.75, 3.05) is 4.72 Å². The second-order valence-electron chi connectivity index (χ2n) is 4.07. The van der Waals surface area contributed by atoms with Crippen LogP contribution in [0.5, 0.6) is 0 Å². The van der Waals surface area contributed by atoms with Gasteiger partial charge in [0.15, 0.2) is 0 Å². The SMILES string of the molecule is O=C(O)c1cccc(NS(=O)(=O)c2ccc(Br)cc2Br)c1. The van der Waals surface area contributed by atoms with E-state index in [4.69, 9.17) is 5.11 Å². The molecule has 2 rings (SSSR count). The van der Waals surface area contributed by atoms with Crippen molar-refractivity contribution in [2.45, 2.75) is 4.90 Å². The Morgan fingerprint density at radius 1 is 1.10 bits per heavy atom. The number of carboxylic acid groups (broad SMARTS) is 1. The van der Waals surface area contributed by atoms with Crippen LogP contribution in [0.15, 0.2) is 56.3 Å². The Morgan fingerprint density at radius 2 is 1.81 bits per heavy atom. The molecule has 0 fully saturated rings. The summed E-state index contributed by atoms with van der Waals surface area (Å²) in [6.45, 7) is 0. The van der Waals surface area contributed by atoms with Crippen LogP contribution in [0.3, 0.4) is 0 Å². The molecule has 0 heterocycles. The number of carbonyl (C=O) groups is 1. The lowest BCUT2D eigenvalue weighted by Gasteiger charge is -2.10. The topological polar surface area (TPSA) is 83.5 Å². The zero-order chi connectivity index (χ0) is 15.6. The van der Waals surface area contributed by atoms with Gasteiger partial charge in [-0.15, -0.1) is 0 Å². The van der Waals surface area contributed by atoms with Crippen molar-refractivity contribution in [3.05, 3.63) is 57.0 Å². The highest BCUT2D eigenvalue weighted by Gasteiger charge is 2.18. The highest BCUT2D eigenvalue weighted by Crippen LogP contribution is 2.27. The molecule has 0 aliphatic heterocycles. The second kappa shape index (κ2) is 6.17. The summed E-state index contributed by atoms with van der Waals surface area (Å²) in [5.41, 5.74) is 0.190. The third kappa shape index (κ3) is 3.84. The zero-order valence-corrected chi connectivity index (χ0v) is 14.4. The molecule has 0 saturated heterocycles. The van der Waals surface area contributed by atoms with Crippen molar-refractivity contribution in [3.63, 3.8) is 0 Å². The number of benzene rings is 2. The van der Waals surface area contributed by atoms with Gasteiger partial charge in [-0.25, -0.2) is 13.2 Å². The molecule has 0 amide bonds. The molecule has 2 aromatic carbocycles. The van der Waals surface area contributed by atoms with E-state index < -0.39 is 16.0 Å². The Labute approximate surface area is 138 Å². The fraction of sp³-hybridized carbons (Fsp3) is 0. The van der Waals surface area contributed by atoms with Crippen LogP contribution < -0.4 is 4.72 Å². The Hall–Kier alpha value is -1.38. The van der Waals surface area contributed by atoms with Crippen LogP contribution in [0.25, 0.3) is 0 Å². The van der Waals surface area contributed by atoms with E-state index in [1.165, 1.54) is 30.3 Å². The molecule has 2 aromatic rings. The van der Waals surface area contributed by atoms with Gasteiger partial charge in [0, 0.05) is 14.6 Å². The standard InChI is InChI=1S/C13H9Br2NO4S/c14-9-4-5-12(11(15)7-9)21(19,20)16-10-3-1-2-8(6-10)13(17)18/h1-7,16H,(H,17,18). The monoisotopic (exact) mass is 433 g/mol. The number of anilines is 1. The van der Waals surface area contributed by atoms with E-state index in [9.17, 15) is 13.2 Å². The van der Waals surface area contributed by atoms with E-state index in [1.807, 2.05) is 0 Å². The van der Waals surface area contributed by atoms with Gasteiger partial charge < -0.3 is 5.11 Å². The number of carboxylic acids is 1. The van der Waals surface area contributed by atoms with Crippen LogP contribution in [0.2, 0.25) is 0 Å². The van der Waals surface area contributed by atoms with E-state index in [0.717, 1.165) is 4.47 Å². The van der Waals surface area contributed by atoms with Gasteiger partial charge in [-0.1, -0.05) is 22.0 Å². The van der Waals surface area contributed by atoms with Crippen molar-refractivity contribution in [1.82, 2.24) is 0 Å². The maximum absolute atomic E-state index is 12.3. The van der Waals surface area contributed by atoms with Crippen LogP contribution in [-0.2, 0) is 10.0 Å². The van der Waals surface area contributed by atoms with Crippen LogP contribution >= 0.6 is 31.9 Å². The first kappa shape index (κ1) is 16.0. The predicted octanol–water partition coefficient (Wildman–Crippen LogP) is 3.71. The lowest BCUT2D eigenvalue weighted by molar-refractivity contribution is 0.0697. The third-order valence-corrected chi connectivity index (χ3v) is 5.40. The predicted molar refractivity (Wildman–Crippen MR) is 86.1 cm³/mol. The number of nitrogens with one attached hydrogen (secondary N) is 1. The number of aromatic carboxylic acids is 1. The minimum Gasteiger partial charge on any atom is -0.478 e. The molecule has 110 valence electrons. The van der Waals surface area contributed by atoms with Crippen molar-refractivity contribution in [3.8, 4) is 0 Å². The van der Waals surface area contributed by atoms with Gasteiger partial charge in [-0.05, 0) is 52.3 Å². The first-order valence-electron chi connectivity index (χ1n) is 5.61. The van der Waals surface area contributed by atoms with E-state index in [-0.39, 0.29) is 16.1 Å². The fourth-order valence-corrected chi connectivity index (χ4v) is 4.42. The van der Waals surface area contributed by atoms with Gasteiger partial charge in [-0.3, -0.25) is 4.72 Å². The lowest BCUT2D eigenvalue weighted by atomic mass is 10.2. The van der Waals surface area contributed by atoms with Gasteiger partial charge in [0.1, 0.15) is 4.90 Å². The molecule has 0 aliphatic carbocycles. The van der Waals surface area contributed by atoms with Crippen LogP contribution in [0, 0.1) is 0 Å². The second-order valence-corrected chi connectivity index (χ2v) is 7.49. The van der Waals surface area contributed by atoms with E-state index >= 15 is 0 Å². The van der Waals surface area contributed by atoms with Crippen molar-refractivity contribution in [2.24, 2.45) is 0 Å². The number of halogens is 2. The highest BCUT2D eigenvalue weighted by atomic mass is 79.9. The Bertz CT molecular complexity index is 806. The summed E-state index contributed by atoms with van der Waals surface area (Å²) in [4.78, 5) is 11.0. The van der Waals surface area contributed by atoms with Crippen molar-refractivity contribution >= 4 is 53.5 Å². The number of hydrogen-bond acceptors (Lipinski definition) is 3. The zero-order valence-electron chi connectivity index (χ0n) is 10.4. The first-order chi connectivity index (χ1) is 9.79. The molecule has 0 radical (unpaired) electrons. The Balaban J connectivity index is 2.37. The van der Waals surface area contributed by atoms with Crippen LogP contribution in [0.1, 0.15) is 10.4 Å². The van der Waals surface area contributed by atoms with Crippen molar-refractivity contribution in [1.29, 1.82) is 0 Å². The summed E-state index contributed by atoms with van der Waals surface area (Å²) in [5, 5.41) is 8.91. The van der Waals surface area contributed by atoms with E-state index in [2.05, 4.69) is 36.6 Å². The minimum atomic E-state index is -3.81. The molecule has 21 heavy (non-hydrogen) atoms. The van der Waals surface area contributed by atoms with Crippen LogP contribution in [0.4, 0.5) is 5.69 Å². The van der Waals surface area contributed by atoms with Gasteiger partial charge in [0.2, 0.25) is 0 Å². The summed E-state index contributed by atoms with van der Waals surface area (Å²) < 4.78 is 28.1. The quantitative estimate of drug-likeness (QED) is 0.768. The largest absolute Gasteiger partial charge is 0.478 e. The van der Waals surface area contributed by atoms with Gasteiger partial charge >= 0.3 is 5.97 Å². The van der Waals surface area contributed by atoms with Gasteiger partial charge in [0.05, 0.1) is 5.56 Å². The molecule has 0 aromatic heterocycles. The summed E-state index contributed by atoms with van der Waals surface area (Å²) in [7, 11) is -3.81. The average molecular weight is 435 g/mol. The maximum Gasteiger partial charge on any atom is 0.335 e. The molecule has 8 heteroatoms. The Morgan fingerprint density at radius 3 is 2.43 bits per heavy atom. The summed E-state index contributed by atoms with van der Waals surface area (Å²) in [6, 6.07) is 10.3. The molecule has 0 saturated carbocycles. The lowest BCUT2D eigenvalue weighted by Crippen LogP contribution is -2.14. The molecule has 0 atom stereocenters. The average Bonchev–Trinajstić information content (AvgIpc) is 2.37. The molecule has 0 unspecified atom stereocenters. The van der Waals surface area contributed by atoms with Crippen LogP contribution in [-0.4, -0.2) is 19.5 Å². The molecule has 0 bridgehead atoms.